The Morgan fingerprint density at radius 2 is 1.81 bits per heavy atom. The second-order valence-electron chi connectivity index (χ2n) is 6.62. The standard InChI is InChI=1S/C20H32N4O3/c1-4-17(25)15-24(12-10-16-8-6-5-7-9-16)20(27)18(21)14-19(26)23(3)13-11-22-2/h5-9,18,22H,4,10-15,21H2,1-3H3/t18-/m1/s1. The van der Waals surface area contributed by atoms with Gasteiger partial charge >= 0.3 is 0 Å². The molecule has 0 aliphatic rings. The first kappa shape index (κ1) is 22.8. The number of Topliss-reactive ketones (excluding diaryl/α,β-unsaturated/α-hetero) is 1. The van der Waals surface area contributed by atoms with Gasteiger partial charge in [-0.3, -0.25) is 14.4 Å². The third kappa shape index (κ3) is 8.32. The van der Waals surface area contributed by atoms with Crippen molar-refractivity contribution in [2.75, 3.05) is 40.3 Å². The maximum absolute atomic E-state index is 12.8. The third-order valence-electron chi connectivity index (χ3n) is 4.42. The van der Waals surface area contributed by atoms with Gasteiger partial charge in [0.1, 0.15) is 0 Å². The first-order valence-corrected chi connectivity index (χ1v) is 9.37. The van der Waals surface area contributed by atoms with Crippen molar-refractivity contribution in [1.82, 2.24) is 15.1 Å². The van der Waals surface area contributed by atoms with Crippen LogP contribution in [-0.4, -0.2) is 73.7 Å². The lowest BCUT2D eigenvalue weighted by Gasteiger charge is -2.26. The summed E-state index contributed by atoms with van der Waals surface area (Å²) < 4.78 is 0. The number of nitrogens with one attached hydrogen (secondary N) is 1. The van der Waals surface area contributed by atoms with Crippen LogP contribution in [0.15, 0.2) is 30.3 Å². The van der Waals surface area contributed by atoms with E-state index in [1.165, 1.54) is 4.90 Å². The number of amides is 2. The van der Waals surface area contributed by atoms with Crippen LogP contribution in [0.5, 0.6) is 0 Å². The summed E-state index contributed by atoms with van der Waals surface area (Å²) in [6.07, 6.45) is 0.920. The highest BCUT2D eigenvalue weighted by Crippen LogP contribution is 2.06. The molecule has 0 spiro atoms. The van der Waals surface area contributed by atoms with Crippen molar-refractivity contribution in [3.8, 4) is 0 Å². The summed E-state index contributed by atoms with van der Waals surface area (Å²) in [6.45, 7) is 3.40. The number of likely N-dealkylation sites (N-methyl/N-ethyl adjacent to an activating group) is 2. The number of carbonyl (C=O) groups excluding carboxylic acids is 3. The van der Waals surface area contributed by atoms with Crippen molar-refractivity contribution in [3.05, 3.63) is 35.9 Å². The molecule has 1 aromatic carbocycles. The summed E-state index contributed by atoms with van der Waals surface area (Å²) in [5.41, 5.74) is 7.09. The molecule has 0 radical (unpaired) electrons. The molecule has 7 nitrogen and oxygen atoms in total. The van der Waals surface area contributed by atoms with Gasteiger partial charge in [0.2, 0.25) is 11.8 Å². The quantitative estimate of drug-likeness (QED) is 0.552. The van der Waals surface area contributed by atoms with E-state index in [2.05, 4.69) is 5.32 Å². The van der Waals surface area contributed by atoms with Gasteiger partial charge in [0, 0.05) is 33.1 Å². The van der Waals surface area contributed by atoms with E-state index >= 15 is 0 Å². The molecule has 7 heteroatoms. The maximum Gasteiger partial charge on any atom is 0.240 e. The van der Waals surface area contributed by atoms with E-state index in [9.17, 15) is 14.4 Å². The van der Waals surface area contributed by atoms with Crippen molar-refractivity contribution in [1.29, 1.82) is 0 Å². The molecule has 0 unspecified atom stereocenters. The predicted octanol–water partition coefficient (Wildman–Crippen LogP) is 0.432. The van der Waals surface area contributed by atoms with Gasteiger partial charge in [-0.15, -0.1) is 0 Å². The van der Waals surface area contributed by atoms with Crippen molar-refractivity contribution >= 4 is 17.6 Å². The van der Waals surface area contributed by atoms with Gasteiger partial charge in [0.15, 0.2) is 5.78 Å². The fraction of sp³-hybridized carbons (Fsp3) is 0.550. The number of benzene rings is 1. The molecule has 0 aliphatic carbocycles. The average molecular weight is 377 g/mol. The van der Waals surface area contributed by atoms with E-state index in [0.717, 1.165) is 5.56 Å². The summed E-state index contributed by atoms with van der Waals surface area (Å²) in [6, 6.07) is 8.80. The predicted molar refractivity (Wildman–Crippen MR) is 106 cm³/mol. The Morgan fingerprint density at radius 1 is 1.15 bits per heavy atom. The van der Waals surface area contributed by atoms with Gasteiger partial charge in [0.25, 0.3) is 0 Å². The Balaban J connectivity index is 2.70. The van der Waals surface area contributed by atoms with E-state index in [0.29, 0.717) is 32.5 Å². The van der Waals surface area contributed by atoms with Crippen molar-refractivity contribution in [2.45, 2.75) is 32.2 Å². The molecule has 0 heterocycles. The first-order valence-electron chi connectivity index (χ1n) is 9.37. The van der Waals surface area contributed by atoms with Crippen molar-refractivity contribution in [3.63, 3.8) is 0 Å². The van der Waals surface area contributed by atoms with Crippen LogP contribution < -0.4 is 11.1 Å². The van der Waals surface area contributed by atoms with Gasteiger partial charge in [-0.25, -0.2) is 0 Å². The second kappa shape index (κ2) is 12.2. The Hall–Kier alpha value is -2.25. The number of carbonyl (C=O) groups is 3. The van der Waals surface area contributed by atoms with Gasteiger partial charge in [-0.1, -0.05) is 37.3 Å². The average Bonchev–Trinajstić information content (AvgIpc) is 2.68. The van der Waals surface area contributed by atoms with Gasteiger partial charge in [-0.2, -0.15) is 0 Å². The SMILES string of the molecule is CCC(=O)CN(CCc1ccccc1)C(=O)[C@H](N)CC(=O)N(C)CCNC. The molecule has 3 N–H and O–H groups in total. The molecule has 0 saturated carbocycles. The van der Waals surface area contributed by atoms with E-state index in [4.69, 9.17) is 5.73 Å². The lowest BCUT2D eigenvalue weighted by atomic mass is 10.1. The number of rotatable bonds is 12. The molecule has 0 saturated heterocycles. The summed E-state index contributed by atoms with van der Waals surface area (Å²) in [5, 5.41) is 2.97. The molecular formula is C20H32N4O3. The van der Waals surface area contributed by atoms with Gasteiger partial charge in [-0.05, 0) is 19.0 Å². The summed E-state index contributed by atoms with van der Waals surface area (Å²) in [7, 11) is 3.49. The number of hydrogen-bond acceptors (Lipinski definition) is 5. The molecular weight excluding hydrogens is 344 g/mol. The zero-order chi connectivity index (χ0) is 20.2. The minimum atomic E-state index is -0.949. The van der Waals surface area contributed by atoms with E-state index in [-0.39, 0.29) is 30.6 Å². The Morgan fingerprint density at radius 3 is 2.41 bits per heavy atom. The van der Waals surface area contributed by atoms with Crippen LogP contribution in [0.2, 0.25) is 0 Å². The van der Waals surface area contributed by atoms with E-state index < -0.39 is 6.04 Å². The minimum absolute atomic E-state index is 0.0268. The highest BCUT2D eigenvalue weighted by atomic mass is 16.2. The molecule has 1 atom stereocenters. The zero-order valence-corrected chi connectivity index (χ0v) is 16.6. The topological polar surface area (TPSA) is 95.7 Å². The highest BCUT2D eigenvalue weighted by molar-refractivity contribution is 5.91. The van der Waals surface area contributed by atoms with Crippen LogP contribution in [0.3, 0.4) is 0 Å². The van der Waals surface area contributed by atoms with Crippen LogP contribution >= 0.6 is 0 Å². The van der Waals surface area contributed by atoms with Gasteiger partial charge < -0.3 is 20.9 Å². The molecule has 2 amide bonds. The Bertz CT molecular complexity index is 607. The summed E-state index contributed by atoms with van der Waals surface area (Å²) in [4.78, 5) is 39.9. The van der Waals surface area contributed by atoms with Crippen molar-refractivity contribution < 1.29 is 14.4 Å². The molecule has 27 heavy (non-hydrogen) atoms. The Labute approximate surface area is 161 Å². The molecule has 1 aromatic rings. The van der Waals surface area contributed by atoms with Crippen LogP contribution in [0.4, 0.5) is 0 Å². The molecule has 150 valence electrons. The molecule has 0 fully saturated rings. The fourth-order valence-corrected chi connectivity index (χ4v) is 2.57. The smallest absolute Gasteiger partial charge is 0.240 e. The zero-order valence-electron chi connectivity index (χ0n) is 16.6. The second-order valence-corrected chi connectivity index (χ2v) is 6.62. The van der Waals surface area contributed by atoms with Gasteiger partial charge in [0.05, 0.1) is 19.0 Å². The highest BCUT2D eigenvalue weighted by Gasteiger charge is 2.25. The number of nitrogens with zero attached hydrogens (tertiary/aromatic N) is 2. The van der Waals surface area contributed by atoms with Crippen molar-refractivity contribution in [2.24, 2.45) is 5.73 Å². The van der Waals surface area contributed by atoms with Crippen LogP contribution in [0, 0.1) is 0 Å². The lowest BCUT2D eigenvalue weighted by molar-refractivity contribution is -0.139. The normalized spacial score (nSPS) is 11.7. The van der Waals surface area contributed by atoms with Crippen LogP contribution in [-0.2, 0) is 20.8 Å². The Kier molecular flexibility index (Phi) is 10.3. The minimum Gasteiger partial charge on any atom is -0.344 e. The fourth-order valence-electron chi connectivity index (χ4n) is 2.57. The molecule has 0 bridgehead atoms. The van der Waals surface area contributed by atoms with Crippen LogP contribution in [0.1, 0.15) is 25.3 Å². The lowest BCUT2D eigenvalue weighted by Crippen LogP contribution is -2.48. The summed E-state index contributed by atoms with van der Waals surface area (Å²) >= 11 is 0. The summed E-state index contributed by atoms with van der Waals surface area (Å²) in [5.74, 6) is -0.569. The van der Waals surface area contributed by atoms with E-state index in [1.807, 2.05) is 37.4 Å². The number of hydrogen-bond donors (Lipinski definition) is 2. The maximum atomic E-state index is 12.8. The molecule has 1 rings (SSSR count). The first-order chi connectivity index (χ1) is 12.9. The monoisotopic (exact) mass is 376 g/mol. The molecule has 0 aliphatic heterocycles. The number of ketones is 1. The largest absolute Gasteiger partial charge is 0.344 e. The number of nitrogens with two attached hydrogens (primary N) is 1. The van der Waals surface area contributed by atoms with Crippen LogP contribution in [0.25, 0.3) is 0 Å². The third-order valence-corrected chi connectivity index (χ3v) is 4.42. The van der Waals surface area contributed by atoms with E-state index in [1.54, 1.807) is 18.9 Å². The molecule has 0 aromatic heterocycles.